The first-order valence-corrected chi connectivity index (χ1v) is 3.82. The molecule has 0 unspecified atom stereocenters. The van der Waals surface area contributed by atoms with E-state index in [9.17, 15) is 9.70 Å². The summed E-state index contributed by atoms with van der Waals surface area (Å²) < 4.78 is 14.5. The Labute approximate surface area is 76.1 Å². The molecule has 0 aliphatic heterocycles. The van der Waals surface area contributed by atoms with Crippen LogP contribution in [0.4, 0.5) is 0 Å². The SMILES string of the molecule is COCCOCCOCC(=O)N=O. The summed E-state index contributed by atoms with van der Waals surface area (Å²) >= 11 is 0. The molecule has 6 heteroatoms. The van der Waals surface area contributed by atoms with Crippen LogP contribution < -0.4 is 0 Å². The van der Waals surface area contributed by atoms with Crippen molar-refractivity contribution in [3.63, 3.8) is 0 Å². The van der Waals surface area contributed by atoms with Crippen LogP contribution in [-0.2, 0) is 19.0 Å². The largest absolute Gasteiger partial charge is 0.382 e. The summed E-state index contributed by atoms with van der Waals surface area (Å²) in [5.41, 5.74) is 0. The van der Waals surface area contributed by atoms with E-state index in [0.717, 1.165) is 0 Å². The van der Waals surface area contributed by atoms with Crippen LogP contribution in [0.15, 0.2) is 5.18 Å². The van der Waals surface area contributed by atoms with E-state index < -0.39 is 5.91 Å². The predicted molar refractivity (Wildman–Crippen MR) is 44.3 cm³/mol. The van der Waals surface area contributed by atoms with Gasteiger partial charge < -0.3 is 14.2 Å². The average molecular weight is 191 g/mol. The van der Waals surface area contributed by atoms with E-state index in [1.807, 2.05) is 0 Å². The van der Waals surface area contributed by atoms with Gasteiger partial charge in [0.05, 0.1) is 26.4 Å². The Morgan fingerprint density at radius 1 is 1.15 bits per heavy atom. The van der Waals surface area contributed by atoms with Crippen molar-refractivity contribution in [3.05, 3.63) is 4.91 Å². The zero-order valence-electron chi connectivity index (χ0n) is 7.52. The maximum Gasteiger partial charge on any atom is 0.311 e. The highest BCUT2D eigenvalue weighted by Crippen LogP contribution is 1.81. The quantitative estimate of drug-likeness (QED) is 0.397. The number of rotatable bonds is 8. The number of hydrogen-bond donors (Lipinski definition) is 0. The van der Waals surface area contributed by atoms with E-state index in [0.29, 0.717) is 19.8 Å². The zero-order valence-corrected chi connectivity index (χ0v) is 7.52. The number of nitrogens with zero attached hydrogens (tertiary/aromatic N) is 1. The second-order valence-corrected chi connectivity index (χ2v) is 2.14. The molecule has 0 saturated carbocycles. The van der Waals surface area contributed by atoms with Crippen LogP contribution in [0.5, 0.6) is 0 Å². The minimum Gasteiger partial charge on any atom is -0.382 e. The fourth-order valence-electron chi connectivity index (χ4n) is 0.548. The lowest BCUT2D eigenvalue weighted by molar-refractivity contribution is -0.123. The van der Waals surface area contributed by atoms with Gasteiger partial charge in [-0.25, -0.2) is 0 Å². The van der Waals surface area contributed by atoms with Crippen molar-refractivity contribution in [2.75, 3.05) is 40.1 Å². The van der Waals surface area contributed by atoms with Gasteiger partial charge >= 0.3 is 5.91 Å². The molecule has 0 N–H and O–H groups in total. The van der Waals surface area contributed by atoms with E-state index in [-0.39, 0.29) is 13.2 Å². The van der Waals surface area contributed by atoms with E-state index >= 15 is 0 Å². The summed E-state index contributed by atoms with van der Waals surface area (Å²) in [6.45, 7) is 1.37. The lowest BCUT2D eigenvalue weighted by atomic mass is 10.6. The molecule has 0 aliphatic rings. The average Bonchev–Trinajstić information content (AvgIpc) is 2.16. The van der Waals surface area contributed by atoms with Gasteiger partial charge in [-0.15, -0.1) is 4.91 Å². The zero-order chi connectivity index (χ0) is 9.94. The molecule has 0 radical (unpaired) electrons. The summed E-state index contributed by atoms with van der Waals surface area (Å²) in [4.78, 5) is 19.9. The van der Waals surface area contributed by atoms with Crippen LogP contribution in [0, 0.1) is 4.91 Å². The van der Waals surface area contributed by atoms with Crippen LogP contribution in [0.25, 0.3) is 0 Å². The summed E-state index contributed by atoms with van der Waals surface area (Å²) in [6, 6.07) is 0. The molecule has 0 saturated heterocycles. The van der Waals surface area contributed by atoms with Crippen molar-refractivity contribution in [2.24, 2.45) is 5.18 Å². The molecule has 1 amide bonds. The van der Waals surface area contributed by atoms with Crippen LogP contribution in [-0.4, -0.2) is 46.1 Å². The number of carbonyl (C=O) groups excluding carboxylic acids is 1. The van der Waals surface area contributed by atoms with E-state index in [1.54, 1.807) is 7.11 Å². The Hall–Kier alpha value is -0.850. The Balaban J connectivity index is 2.99. The number of methoxy groups -OCH3 is 1. The van der Waals surface area contributed by atoms with Gasteiger partial charge in [-0.1, -0.05) is 0 Å². The van der Waals surface area contributed by atoms with Gasteiger partial charge in [0.1, 0.15) is 6.61 Å². The van der Waals surface area contributed by atoms with Gasteiger partial charge in [-0.05, 0) is 0 Å². The third-order valence-electron chi connectivity index (χ3n) is 1.13. The van der Waals surface area contributed by atoms with Gasteiger partial charge in [0, 0.05) is 12.3 Å². The third kappa shape index (κ3) is 9.06. The van der Waals surface area contributed by atoms with Gasteiger partial charge in [-0.2, -0.15) is 0 Å². The first-order chi connectivity index (χ1) is 6.31. The molecule has 0 aromatic rings. The summed E-state index contributed by atoms with van der Waals surface area (Å²) in [7, 11) is 1.58. The maximum absolute atomic E-state index is 10.3. The molecule has 0 aromatic carbocycles. The standard InChI is InChI=1S/C7H13NO5/c1-11-2-3-12-4-5-13-6-7(9)8-10/h2-6H2,1H3. The summed E-state index contributed by atoms with van der Waals surface area (Å²) in [5.74, 6) is -0.808. The summed E-state index contributed by atoms with van der Waals surface area (Å²) in [6.07, 6.45) is 0. The van der Waals surface area contributed by atoms with Crippen LogP contribution in [0.3, 0.4) is 0 Å². The van der Waals surface area contributed by atoms with Crippen molar-refractivity contribution >= 4 is 5.91 Å². The van der Waals surface area contributed by atoms with Gasteiger partial charge in [-0.3, -0.25) is 4.79 Å². The lowest BCUT2D eigenvalue weighted by Gasteiger charge is -2.02. The minimum atomic E-state index is -0.808. The molecule has 13 heavy (non-hydrogen) atoms. The molecule has 76 valence electrons. The second kappa shape index (κ2) is 9.24. The fourth-order valence-corrected chi connectivity index (χ4v) is 0.548. The van der Waals surface area contributed by atoms with Gasteiger partial charge in [0.25, 0.3) is 0 Å². The Morgan fingerprint density at radius 2 is 1.77 bits per heavy atom. The van der Waals surface area contributed by atoms with Crippen LogP contribution in [0.2, 0.25) is 0 Å². The van der Waals surface area contributed by atoms with Crippen molar-refractivity contribution < 1.29 is 19.0 Å². The van der Waals surface area contributed by atoms with E-state index in [2.05, 4.69) is 5.18 Å². The molecule has 0 rings (SSSR count). The monoisotopic (exact) mass is 191 g/mol. The molecule has 0 fully saturated rings. The maximum atomic E-state index is 10.3. The first kappa shape index (κ1) is 12.2. The predicted octanol–water partition coefficient (Wildman–Crippen LogP) is -0.0410. The van der Waals surface area contributed by atoms with Gasteiger partial charge in [0.15, 0.2) is 0 Å². The first-order valence-electron chi connectivity index (χ1n) is 3.82. The summed E-state index contributed by atoms with van der Waals surface area (Å²) in [5, 5.41) is 2.16. The highest BCUT2D eigenvalue weighted by Gasteiger charge is 1.98. The molecule has 0 atom stereocenters. The number of ether oxygens (including phenoxy) is 3. The molecular formula is C7H13NO5. The smallest absolute Gasteiger partial charge is 0.311 e. The lowest BCUT2D eigenvalue weighted by Crippen LogP contribution is -2.11. The molecule has 6 nitrogen and oxygen atoms in total. The van der Waals surface area contributed by atoms with Crippen LogP contribution in [0.1, 0.15) is 0 Å². The Morgan fingerprint density at radius 3 is 2.38 bits per heavy atom. The fraction of sp³-hybridized carbons (Fsp3) is 0.857. The minimum absolute atomic E-state index is 0.269. The number of hydrogen-bond acceptors (Lipinski definition) is 5. The van der Waals surface area contributed by atoms with E-state index in [4.69, 9.17) is 14.2 Å². The number of carbonyl (C=O) groups is 1. The normalized spacial score (nSPS) is 9.92. The number of nitroso groups, excluding NO2 is 1. The van der Waals surface area contributed by atoms with Crippen molar-refractivity contribution in [1.82, 2.24) is 0 Å². The molecule has 0 aromatic heterocycles. The highest BCUT2D eigenvalue weighted by molar-refractivity contribution is 5.77. The van der Waals surface area contributed by atoms with E-state index in [1.165, 1.54) is 0 Å². The molecule has 0 spiro atoms. The third-order valence-corrected chi connectivity index (χ3v) is 1.13. The highest BCUT2D eigenvalue weighted by atomic mass is 16.5. The number of amides is 1. The topological polar surface area (TPSA) is 74.2 Å². The molecule has 0 aliphatic carbocycles. The molecule has 0 heterocycles. The van der Waals surface area contributed by atoms with Crippen molar-refractivity contribution in [2.45, 2.75) is 0 Å². The van der Waals surface area contributed by atoms with Crippen molar-refractivity contribution in [1.29, 1.82) is 0 Å². The van der Waals surface area contributed by atoms with Crippen molar-refractivity contribution in [3.8, 4) is 0 Å². The van der Waals surface area contributed by atoms with Gasteiger partial charge in [0.2, 0.25) is 0 Å². The second-order valence-electron chi connectivity index (χ2n) is 2.14. The molecular weight excluding hydrogens is 178 g/mol. The Kier molecular flexibility index (Phi) is 8.64. The Bertz CT molecular complexity index is 150. The molecule has 0 bridgehead atoms. The van der Waals surface area contributed by atoms with Crippen LogP contribution >= 0.6 is 0 Å².